The molecule has 126 valence electrons. The molecule has 0 aliphatic carbocycles. The van der Waals surface area contributed by atoms with Crippen molar-refractivity contribution in [3.8, 4) is 11.3 Å². The monoisotopic (exact) mass is 334 g/mol. The first kappa shape index (κ1) is 15.5. The maximum atomic E-state index is 11.8. The highest BCUT2D eigenvalue weighted by molar-refractivity contribution is 5.75. The largest absolute Gasteiger partial charge is 0.480 e. The molecule has 25 heavy (non-hydrogen) atoms. The number of fused-ring (bicyclic) bond motifs is 1. The second-order valence-electron chi connectivity index (χ2n) is 6.14. The van der Waals surface area contributed by atoms with E-state index < -0.39 is 12.0 Å². The molecule has 1 aliphatic heterocycles. The van der Waals surface area contributed by atoms with E-state index >= 15 is 0 Å². The van der Waals surface area contributed by atoms with Gasteiger partial charge in [0.25, 0.3) is 0 Å². The van der Waals surface area contributed by atoms with Crippen molar-refractivity contribution < 1.29 is 9.90 Å². The van der Waals surface area contributed by atoms with Crippen LogP contribution >= 0.6 is 0 Å². The lowest BCUT2D eigenvalue weighted by Gasteiger charge is -2.32. The van der Waals surface area contributed by atoms with Gasteiger partial charge in [0.2, 0.25) is 0 Å². The third-order valence-corrected chi connectivity index (χ3v) is 4.53. The number of carboxylic acid groups (broad SMARTS) is 1. The van der Waals surface area contributed by atoms with Crippen molar-refractivity contribution in [2.45, 2.75) is 19.0 Å². The molecule has 6 heteroatoms. The molecule has 0 radical (unpaired) electrons. The summed E-state index contributed by atoms with van der Waals surface area (Å²) in [7, 11) is 0. The van der Waals surface area contributed by atoms with Crippen LogP contribution in [0.4, 0.5) is 0 Å². The van der Waals surface area contributed by atoms with Gasteiger partial charge in [-0.1, -0.05) is 24.3 Å². The van der Waals surface area contributed by atoms with E-state index in [9.17, 15) is 9.90 Å². The molecule has 6 nitrogen and oxygen atoms in total. The number of pyridine rings is 1. The third kappa shape index (κ3) is 3.04. The number of nitrogens with one attached hydrogen (secondary N) is 1. The molecule has 1 unspecified atom stereocenters. The van der Waals surface area contributed by atoms with E-state index in [1.807, 2.05) is 41.3 Å². The van der Waals surface area contributed by atoms with E-state index in [0.717, 1.165) is 28.9 Å². The molecule has 0 amide bonds. The first-order valence-corrected chi connectivity index (χ1v) is 8.22. The smallest absolute Gasteiger partial charge is 0.327 e. The van der Waals surface area contributed by atoms with E-state index in [0.29, 0.717) is 18.8 Å². The van der Waals surface area contributed by atoms with Gasteiger partial charge < -0.3 is 10.1 Å². The van der Waals surface area contributed by atoms with Crippen molar-refractivity contribution in [3.63, 3.8) is 0 Å². The van der Waals surface area contributed by atoms with Gasteiger partial charge >= 0.3 is 5.97 Å². The summed E-state index contributed by atoms with van der Waals surface area (Å²) in [6, 6.07) is 13.2. The van der Waals surface area contributed by atoms with Crippen LogP contribution in [-0.4, -0.2) is 37.5 Å². The Morgan fingerprint density at radius 2 is 2.16 bits per heavy atom. The standard InChI is InChI=1S/C19H18N4O2/c24-19(25)18-17-16(21-12-22-17)7-9-23(18)11-13-4-3-5-14(10-13)15-6-1-2-8-20-15/h1-6,8,10,12,18H,7,9,11H2,(H,21,22)(H,24,25). The molecule has 2 aromatic heterocycles. The molecular weight excluding hydrogens is 316 g/mol. The van der Waals surface area contributed by atoms with Crippen LogP contribution in [0.5, 0.6) is 0 Å². The third-order valence-electron chi connectivity index (χ3n) is 4.53. The average molecular weight is 334 g/mol. The van der Waals surface area contributed by atoms with Gasteiger partial charge in [0.1, 0.15) is 0 Å². The number of H-pyrrole nitrogens is 1. The van der Waals surface area contributed by atoms with Gasteiger partial charge in [-0.05, 0) is 23.8 Å². The quantitative estimate of drug-likeness (QED) is 0.766. The molecular formula is C19H18N4O2. The highest BCUT2D eigenvalue weighted by Gasteiger charge is 2.34. The SMILES string of the molecule is O=C(O)C1c2nc[nH]c2CCN1Cc1cccc(-c2ccccn2)c1. The van der Waals surface area contributed by atoms with Gasteiger partial charge in [0, 0.05) is 37.0 Å². The lowest BCUT2D eigenvalue weighted by molar-refractivity contribution is -0.144. The van der Waals surface area contributed by atoms with Gasteiger partial charge in [0.15, 0.2) is 6.04 Å². The van der Waals surface area contributed by atoms with Crippen molar-refractivity contribution in [3.05, 3.63) is 71.9 Å². The van der Waals surface area contributed by atoms with E-state index in [1.165, 1.54) is 0 Å². The minimum Gasteiger partial charge on any atom is -0.480 e. The van der Waals surface area contributed by atoms with E-state index in [4.69, 9.17) is 0 Å². The number of aliphatic carboxylic acids is 1. The van der Waals surface area contributed by atoms with E-state index in [1.54, 1.807) is 12.5 Å². The van der Waals surface area contributed by atoms with Gasteiger partial charge in [-0.3, -0.25) is 14.7 Å². The lowest BCUT2D eigenvalue weighted by atomic mass is 10.0. The van der Waals surface area contributed by atoms with Crippen LogP contribution in [0.25, 0.3) is 11.3 Å². The summed E-state index contributed by atoms with van der Waals surface area (Å²) < 4.78 is 0. The number of rotatable bonds is 4. The summed E-state index contributed by atoms with van der Waals surface area (Å²) >= 11 is 0. The van der Waals surface area contributed by atoms with Crippen LogP contribution in [-0.2, 0) is 17.8 Å². The predicted molar refractivity (Wildman–Crippen MR) is 92.8 cm³/mol. The van der Waals surface area contributed by atoms with Crippen molar-refractivity contribution in [1.82, 2.24) is 19.9 Å². The summed E-state index contributed by atoms with van der Waals surface area (Å²) in [5, 5.41) is 9.68. The number of imidazole rings is 1. The summed E-state index contributed by atoms with van der Waals surface area (Å²) in [6.45, 7) is 1.24. The van der Waals surface area contributed by atoms with Gasteiger partial charge in [0.05, 0.1) is 17.7 Å². The fourth-order valence-corrected chi connectivity index (χ4v) is 3.37. The number of hydrogen-bond acceptors (Lipinski definition) is 4. The van der Waals surface area contributed by atoms with Gasteiger partial charge in [-0.15, -0.1) is 0 Å². The fraction of sp³-hybridized carbons (Fsp3) is 0.211. The van der Waals surface area contributed by atoms with Crippen LogP contribution < -0.4 is 0 Å². The number of nitrogens with zero attached hydrogens (tertiary/aromatic N) is 3. The molecule has 3 aromatic rings. The van der Waals surface area contributed by atoms with Crippen molar-refractivity contribution >= 4 is 5.97 Å². The average Bonchev–Trinajstić information content (AvgIpc) is 3.11. The minimum absolute atomic E-state index is 0.559. The Bertz CT molecular complexity index is 891. The number of carboxylic acids is 1. The van der Waals surface area contributed by atoms with Crippen molar-refractivity contribution in [1.29, 1.82) is 0 Å². The first-order valence-electron chi connectivity index (χ1n) is 8.22. The predicted octanol–water partition coefficient (Wildman–Crippen LogP) is 2.66. The molecule has 4 rings (SSSR count). The molecule has 0 bridgehead atoms. The molecule has 0 spiro atoms. The van der Waals surface area contributed by atoms with Crippen molar-refractivity contribution in [2.75, 3.05) is 6.54 Å². The van der Waals surface area contributed by atoms with Crippen LogP contribution in [0, 0.1) is 0 Å². The number of aromatic amines is 1. The van der Waals surface area contributed by atoms with Crippen LogP contribution in [0.15, 0.2) is 55.0 Å². The Hall–Kier alpha value is -2.99. The summed E-state index contributed by atoms with van der Waals surface area (Å²) in [4.78, 5) is 25.4. The molecule has 2 N–H and O–H groups in total. The normalized spacial score (nSPS) is 17.2. The molecule has 1 aliphatic rings. The number of aromatic nitrogens is 3. The molecule has 1 atom stereocenters. The Morgan fingerprint density at radius 1 is 1.24 bits per heavy atom. The van der Waals surface area contributed by atoms with E-state index in [2.05, 4.69) is 21.0 Å². The topological polar surface area (TPSA) is 82.1 Å². The molecule has 0 fully saturated rings. The summed E-state index contributed by atoms with van der Waals surface area (Å²) in [5.41, 5.74) is 4.55. The highest BCUT2D eigenvalue weighted by Crippen LogP contribution is 2.29. The van der Waals surface area contributed by atoms with Crippen LogP contribution in [0.3, 0.4) is 0 Å². The number of benzene rings is 1. The maximum Gasteiger partial charge on any atom is 0.327 e. The Balaban J connectivity index is 1.61. The van der Waals surface area contributed by atoms with Gasteiger partial charge in [-0.2, -0.15) is 0 Å². The van der Waals surface area contributed by atoms with Gasteiger partial charge in [-0.25, -0.2) is 4.98 Å². The molecule has 0 saturated carbocycles. The number of carbonyl (C=O) groups is 1. The van der Waals surface area contributed by atoms with Crippen molar-refractivity contribution in [2.24, 2.45) is 0 Å². The van der Waals surface area contributed by atoms with Crippen LogP contribution in [0.1, 0.15) is 23.0 Å². The Morgan fingerprint density at radius 3 is 2.96 bits per heavy atom. The highest BCUT2D eigenvalue weighted by atomic mass is 16.4. The second kappa shape index (κ2) is 6.49. The summed E-state index contributed by atoms with van der Waals surface area (Å²) in [6.07, 6.45) is 4.12. The van der Waals surface area contributed by atoms with Crippen LogP contribution in [0.2, 0.25) is 0 Å². The molecule has 1 aromatic carbocycles. The zero-order chi connectivity index (χ0) is 17.2. The lowest BCUT2D eigenvalue weighted by Crippen LogP contribution is -2.39. The maximum absolute atomic E-state index is 11.8. The Kier molecular flexibility index (Phi) is 4.03. The molecule has 3 heterocycles. The Labute approximate surface area is 145 Å². The fourth-order valence-electron chi connectivity index (χ4n) is 3.37. The van der Waals surface area contributed by atoms with E-state index in [-0.39, 0.29) is 0 Å². The first-order chi connectivity index (χ1) is 12.2. The minimum atomic E-state index is -0.867. The number of hydrogen-bond donors (Lipinski definition) is 2. The zero-order valence-electron chi connectivity index (χ0n) is 13.6. The summed E-state index contributed by atoms with van der Waals surface area (Å²) in [5.74, 6) is -0.867. The molecule has 0 saturated heterocycles. The second-order valence-corrected chi connectivity index (χ2v) is 6.14. The zero-order valence-corrected chi connectivity index (χ0v) is 13.6.